The molecule has 0 aromatic carbocycles. The molecule has 1 aromatic heterocycles. The summed E-state index contributed by atoms with van der Waals surface area (Å²) in [6, 6.07) is -0.0488. The van der Waals surface area contributed by atoms with Crippen LogP contribution in [0.2, 0.25) is 0 Å². The van der Waals surface area contributed by atoms with Crippen LogP contribution in [0.4, 0.5) is 18.0 Å². The largest absolute Gasteiger partial charge is 0.522 e. The number of nitrogens with one attached hydrogen (secondary N) is 1. The van der Waals surface area contributed by atoms with E-state index in [4.69, 9.17) is 4.74 Å². The number of halogens is 3. The van der Waals surface area contributed by atoms with Crippen molar-refractivity contribution >= 4 is 6.09 Å². The lowest BCUT2D eigenvalue weighted by molar-refractivity contribution is -0.353. The third kappa shape index (κ3) is 3.53. The molecule has 0 atom stereocenters. The van der Waals surface area contributed by atoms with Crippen molar-refractivity contribution in [1.29, 1.82) is 0 Å². The molecule has 0 aliphatic heterocycles. The fourth-order valence-corrected chi connectivity index (χ4v) is 4.60. The summed E-state index contributed by atoms with van der Waals surface area (Å²) in [5.74, 6) is 0. The molecular formula is C18H24F3N3O3. The number of alkyl carbamates (subject to hydrolysis) is 1. The summed E-state index contributed by atoms with van der Waals surface area (Å²) in [5.41, 5.74) is 0.407. The van der Waals surface area contributed by atoms with Crippen LogP contribution >= 0.6 is 0 Å². The van der Waals surface area contributed by atoms with E-state index < -0.39 is 24.2 Å². The van der Waals surface area contributed by atoms with E-state index in [0.29, 0.717) is 12.8 Å². The molecular weight excluding hydrogens is 363 g/mol. The van der Waals surface area contributed by atoms with E-state index >= 15 is 0 Å². The monoisotopic (exact) mass is 387 g/mol. The predicted octanol–water partition coefficient (Wildman–Crippen LogP) is 3.82. The summed E-state index contributed by atoms with van der Waals surface area (Å²) >= 11 is 0. The first-order valence-electron chi connectivity index (χ1n) is 9.18. The molecule has 4 saturated carbocycles. The zero-order chi connectivity index (χ0) is 19.7. The van der Waals surface area contributed by atoms with Crippen molar-refractivity contribution in [3.05, 3.63) is 18.0 Å². The van der Waals surface area contributed by atoms with Crippen molar-refractivity contribution in [2.45, 2.75) is 87.9 Å². The second-order valence-electron chi connectivity index (χ2n) is 9.24. The molecule has 6 nitrogen and oxygen atoms in total. The Kier molecular flexibility index (Phi) is 3.87. The van der Waals surface area contributed by atoms with Gasteiger partial charge in [-0.15, -0.1) is 13.2 Å². The van der Waals surface area contributed by atoms with Gasteiger partial charge < -0.3 is 10.1 Å². The van der Waals surface area contributed by atoms with Crippen LogP contribution in [0.5, 0.6) is 0 Å². The molecule has 0 unspecified atom stereocenters. The number of carbonyl (C=O) groups excluding carboxylic acids is 1. The van der Waals surface area contributed by atoms with Gasteiger partial charge in [0.15, 0.2) is 0 Å². The van der Waals surface area contributed by atoms with Gasteiger partial charge in [-0.1, -0.05) is 0 Å². The van der Waals surface area contributed by atoms with Gasteiger partial charge in [-0.3, -0.25) is 9.42 Å². The molecule has 4 aliphatic carbocycles. The minimum Gasteiger partial charge on any atom is -0.444 e. The highest BCUT2D eigenvalue weighted by molar-refractivity contribution is 5.70. The summed E-state index contributed by atoms with van der Waals surface area (Å²) in [4.78, 5) is 12.0. The van der Waals surface area contributed by atoms with E-state index in [1.807, 2.05) is 27.0 Å². The Morgan fingerprint density at radius 1 is 1.26 bits per heavy atom. The molecule has 0 radical (unpaired) electrons. The Bertz CT molecular complexity index is 727. The molecule has 9 heteroatoms. The van der Waals surface area contributed by atoms with Crippen molar-refractivity contribution in [3.63, 3.8) is 0 Å². The van der Waals surface area contributed by atoms with E-state index in [1.54, 1.807) is 10.9 Å². The van der Waals surface area contributed by atoms with Crippen LogP contribution in [0.3, 0.4) is 0 Å². The molecule has 1 heterocycles. The molecule has 0 spiro atoms. The van der Waals surface area contributed by atoms with Gasteiger partial charge in [-0.25, -0.2) is 4.79 Å². The zero-order valence-electron chi connectivity index (χ0n) is 15.6. The molecule has 1 amide bonds. The average Bonchev–Trinajstić information content (AvgIpc) is 2.81. The van der Waals surface area contributed by atoms with Crippen LogP contribution in [0, 0.1) is 0 Å². The molecule has 4 fully saturated rings. The van der Waals surface area contributed by atoms with Gasteiger partial charge >= 0.3 is 12.5 Å². The Morgan fingerprint density at radius 3 is 2.44 bits per heavy atom. The van der Waals surface area contributed by atoms with Crippen LogP contribution in [0.1, 0.15) is 64.5 Å². The predicted molar refractivity (Wildman–Crippen MR) is 89.1 cm³/mol. The van der Waals surface area contributed by atoms with Crippen LogP contribution in [0.15, 0.2) is 12.4 Å². The molecule has 2 bridgehead atoms. The van der Waals surface area contributed by atoms with Crippen LogP contribution < -0.4 is 5.32 Å². The molecule has 1 aromatic rings. The van der Waals surface area contributed by atoms with Crippen molar-refractivity contribution < 1.29 is 27.4 Å². The number of hydrogen-bond acceptors (Lipinski definition) is 4. The number of nitrogens with zero attached hydrogens (tertiary/aromatic N) is 2. The summed E-state index contributed by atoms with van der Waals surface area (Å²) in [7, 11) is 0. The van der Waals surface area contributed by atoms with Gasteiger partial charge in [-0.2, -0.15) is 5.10 Å². The number of alkyl halides is 3. The first-order chi connectivity index (χ1) is 12.4. The lowest BCUT2D eigenvalue weighted by atomic mass is 9.38. The standard InChI is InChI=1S/C18H24F3N3O3/c1-15(2,3)27-14(25)23-17-8-16(9-17,10-17)11-6-22-24(7-11)12-4-13(5-12)26-18(19,20)21/h6-7,12-13H,4-5,8-10H2,1-3H3,(H,23,25)/t12-,13+,16?,17?. The number of carbonyl (C=O) groups is 1. The Labute approximate surface area is 155 Å². The molecule has 1 N–H and O–H groups in total. The van der Waals surface area contributed by atoms with Crippen molar-refractivity contribution in [2.75, 3.05) is 0 Å². The van der Waals surface area contributed by atoms with E-state index in [0.717, 1.165) is 24.8 Å². The Morgan fingerprint density at radius 2 is 1.89 bits per heavy atom. The third-order valence-electron chi connectivity index (χ3n) is 5.75. The molecule has 0 saturated heterocycles. The third-order valence-corrected chi connectivity index (χ3v) is 5.75. The van der Waals surface area contributed by atoms with Gasteiger partial charge in [0.1, 0.15) is 5.60 Å². The lowest BCUT2D eigenvalue weighted by Crippen LogP contribution is -2.76. The van der Waals surface area contributed by atoms with Gasteiger partial charge in [-0.05, 0) is 58.4 Å². The second kappa shape index (κ2) is 5.62. The number of rotatable bonds is 4. The smallest absolute Gasteiger partial charge is 0.444 e. The number of aromatic nitrogens is 2. The highest BCUT2D eigenvalue weighted by atomic mass is 19.4. The number of ether oxygens (including phenoxy) is 2. The summed E-state index contributed by atoms with van der Waals surface area (Å²) in [5, 5.41) is 7.32. The van der Waals surface area contributed by atoms with Crippen molar-refractivity contribution in [1.82, 2.24) is 15.1 Å². The fraction of sp³-hybridized carbons (Fsp3) is 0.778. The maximum absolute atomic E-state index is 12.2. The quantitative estimate of drug-likeness (QED) is 0.853. The fourth-order valence-electron chi connectivity index (χ4n) is 4.60. The van der Waals surface area contributed by atoms with Crippen molar-refractivity contribution in [2.24, 2.45) is 0 Å². The number of amides is 1. The highest BCUT2D eigenvalue weighted by Gasteiger charge is 2.69. The van der Waals surface area contributed by atoms with Gasteiger partial charge in [0.2, 0.25) is 0 Å². The molecule has 150 valence electrons. The zero-order valence-corrected chi connectivity index (χ0v) is 15.6. The normalized spacial score (nSPS) is 34.9. The summed E-state index contributed by atoms with van der Waals surface area (Å²) in [6.45, 7) is 5.49. The van der Waals surface area contributed by atoms with Crippen molar-refractivity contribution in [3.8, 4) is 0 Å². The summed E-state index contributed by atoms with van der Waals surface area (Å²) in [6.07, 6.45) is 1.15. The van der Waals surface area contributed by atoms with Gasteiger partial charge in [0.05, 0.1) is 18.3 Å². The first kappa shape index (κ1) is 18.6. The maximum Gasteiger partial charge on any atom is 0.522 e. The average molecular weight is 387 g/mol. The van der Waals surface area contributed by atoms with Gasteiger partial charge in [0.25, 0.3) is 0 Å². The first-order valence-corrected chi connectivity index (χ1v) is 9.18. The van der Waals surface area contributed by atoms with Crippen LogP contribution in [-0.4, -0.2) is 39.5 Å². The molecule has 27 heavy (non-hydrogen) atoms. The van der Waals surface area contributed by atoms with E-state index in [9.17, 15) is 18.0 Å². The van der Waals surface area contributed by atoms with Crippen LogP contribution in [0.25, 0.3) is 0 Å². The van der Waals surface area contributed by atoms with E-state index in [-0.39, 0.29) is 17.0 Å². The Hall–Kier alpha value is -1.77. The second-order valence-corrected chi connectivity index (χ2v) is 9.24. The van der Waals surface area contributed by atoms with E-state index in [1.165, 1.54) is 0 Å². The lowest BCUT2D eigenvalue weighted by Gasteiger charge is -2.70. The minimum absolute atomic E-state index is 0.0267. The van der Waals surface area contributed by atoms with E-state index in [2.05, 4.69) is 15.2 Å². The van der Waals surface area contributed by atoms with Crippen LogP contribution in [-0.2, 0) is 14.9 Å². The SMILES string of the molecule is CC(C)(C)OC(=O)NC12CC(c3cnn([C@H]4C[C@@H](OC(F)(F)F)C4)c3)(C1)C2. The van der Waals surface area contributed by atoms with Gasteiger partial charge in [0, 0.05) is 17.2 Å². The number of hydrogen-bond donors (Lipinski definition) is 1. The Balaban J connectivity index is 1.28. The minimum atomic E-state index is -4.58. The highest BCUT2D eigenvalue weighted by Crippen LogP contribution is 2.67. The maximum atomic E-state index is 12.2. The summed E-state index contributed by atoms with van der Waals surface area (Å²) < 4.78 is 47.7. The molecule has 5 rings (SSSR count). The molecule has 4 aliphatic rings. The topological polar surface area (TPSA) is 65.4 Å².